The highest BCUT2D eigenvalue weighted by atomic mass is 16.5. The lowest BCUT2D eigenvalue weighted by molar-refractivity contribution is 0.0997. The molecule has 144 valence electrons. The lowest BCUT2D eigenvalue weighted by atomic mass is 10.1. The van der Waals surface area contributed by atoms with E-state index in [4.69, 9.17) is 15.2 Å². The summed E-state index contributed by atoms with van der Waals surface area (Å²) in [7, 11) is 3.06. The van der Waals surface area contributed by atoms with E-state index < -0.39 is 11.9 Å². The van der Waals surface area contributed by atoms with Gasteiger partial charge in [-0.3, -0.25) is 4.79 Å². The Morgan fingerprint density at radius 2 is 1.71 bits per heavy atom. The van der Waals surface area contributed by atoms with Crippen LogP contribution in [-0.2, 0) is 0 Å². The van der Waals surface area contributed by atoms with Crippen LogP contribution in [0.2, 0.25) is 0 Å². The molecule has 0 atom stereocenters. The standard InChI is InChI=1S/C20H20N4O4/c1-27-14-7-8-17(28-2)16(11-14)24-20(26)23-13-5-3-12(4-6-13)15-9-10-22-18(15)19(21)25/h3-11,22H,1-2H3,(H2,21,25)(H2,23,24,26). The van der Waals surface area contributed by atoms with Crippen molar-refractivity contribution >= 4 is 23.3 Å². The molecule has 0 bridgehead atoms. The number of aromatic amines is 1. The second-order valence-corrected chi connectivity index (χ2v) is 5.85. The fraction of sp³-hybridized carbons (Fsp3) is 0.100. The number of aromatic nitrogens is 1. The van der Waals surface area contributed by atoms with Crippen molar-refractivity contribution in [3.05, 3.63) is 60.4 Å². The molecule has 0 saturated heterocycles. The van der Waals surface area contributed by atoms with Gasteiger partial charge in [0.25, 0.3) is 5.91 Å². The molecule has 0 radical (unpaired) electrons. The van der Waals surface area contributed by atoms with Gasteiger partial charge in [-0.1, -0.05) is 12.1 Å². The Bertz CT molecular complexity index is 996. The molecule has 2 aromatic carbocycles. The first kappa shape index (κ1) is 18.8. The fourth-order valence-electron chi connectivity index (χ4n) is 2.74. The van der Waals surface area contributed by atoms with Crippen molar-refractivity contribution in [3.8, 4) is 22.6 Å². The molecule has 1 aromatic heterocycles. The number of carbonyl (C=O) groups is 2. The van der Waals surface area contributed by atoms with E-state index in [-0.39, 0.29) is 0 Å². The van der Waals surface area contributed by atoms with Gasteiger partial charge in [-0.15, -0.1) is 0 Å². The van der Waals surface area contributed by atoms with Crippen molar-refractivity contribution in [1.82, 2.24) is 4.98 Å². The van der Waals surface area contributed by atoms with Gasteiger partial charge in [-0.25, -0.2) is 4.79 Å². The van der Waals surface area contributed by atoms with Crippen LogP contribution in [0, 0.1) is 0 Å². The highest BCUT2D eigenvalue weighted by Gasteiger charge is 2.12. The number of anilines is 2. The first-order chi connectivity index (χ1) is 13.5. The lowest BCUT2D eigenvalue weighted by Gasteiger charge is -2.12. The van der Waals surface area contributed by atoms with E-state index in [2.05, 4.69) is 15.6 Å². The van der Waals surface area contributed by atoms with Gasteiger partial charge >= 0.3 is 6.03 Å². The number of hydrogen-bond acceptors (Lipinski definition) is 4. The van der Waals surface area contributed by atoms with Gasteiger partial charge in [0, 0.05) is 23.5 Å². The number of urea groups is 1. The molecular formula is C20H20N4O4. The van der Waals surface area contributed by atoms with E-state index in [0.29, 0.717) is 34.1 Å². The number of benzene rings is 2. The maximum Gasteiger partial charge on any atom is 0.323 e. The second kappa shape index (κ2) is 8.17. The Morgan fingerprint density at radius 3 is 2.36 bits per heavy atom. The number of carbonyl (C=O) groups excluding carboxylic acids is 2. The summed E-state index contributed by atoms with van der Waals surface area (Å²) in [6.07, 6.45) is 1.65. The van der Waals surface area contributed by atoms with Crippen LogP contribution in [0.15, 0.2) is 54.7 Å². The summed E-state index contributed by atoms with van der Waals surface area (Å²) in [6.45, 7) is 0. The number of nitrogens with one attached hydrogen (secondary N) is 3. The zero-order chi connectivity index (χ0) is 20.1. The van der Waals surface area contributed by atoms with Crippen molar-refractivity contribution in [2.24, 2.45) is 5.73 Å². The Morgan fingerprint density at radius 1 is 0.964 bits per heavy atom. The molecule has 0 saturated carbocycles. The van der Waals surface area contributed by atoms with Gasteiger partial charge in [0.1, 0.15) is 17.2 Å². The number of primary amides is 1. The maximum atomic E-state index is 12.3. The molecule has 3 rings (SSSR count). The molecule has 3 aromatic rings. The Balaban J connectivity index is 1.71. The van der Waals surface area contributed by atoms with Crippen LogP contribution in [0.3, 0.4) is 0 Å². The van der Waals surface area contributed by atoms with Gasteiger partial charge < -0.3 is 30.8 Å². The van der Waals surface area contributed by atoms with E-state index in [1.807, 2.05) is 0 Å². The van der Waals surface area contributed by atoms with Crippen molar-refractivity contribution in [2.75, 3.05) is 24.9 Å². The first-order valence-corrected chi connectivity index (χ1v) is 8.39. The van der Waals surface area contributed by atoms with Crippen molar-refractivity contribution in [1.29, 1.82) is 0 Å². The smallest absolute Gasteiger partial charge is 0.323 e. The predicted octanol–water partition coefficient (Wildman–Crippen LogP) is 3.44. The van der Waals surface area contributed by atoms with Gasteiger partial charge in [0.2, 0.25) is 0 Å². The number of nitrogens with two attached hydrogens (primary N) is 1. The van der Waals surface area contributed by atoms with E-state index in [0.717, 1.165) is 5.56 Å². The molecule has 0 fully saturated rings. The fourth-order valence-corrected chi connectivity index (χ4v) is 2.74. The summed E-state index contributed by atoms with van der Waals surface area (Å²) in [5.74, 6) is 0.573. The van der Waals surface area contributed by atoms with Gasteiger partial charge in [-0.05, 0) is 35.9 Å². The molecule has 3 amide bonds. The van der Waals surface area contributed by atoms with Crippen molar-refractivity contribution < 1.29 is 19.1 Å². The van der Waals surface area contributed by atoms with E-state index in [1.165, 1.54) is 7.11 Å². The number of H-pyrrole nitrogens is 1. The van der Waals surface area contributed by atoms with Crippen LogP contribution in [-0.4, -0.2) is 31.1 Å². The monoisotopic (exact) mass is 380 g/mol. The van der Waals surface area contributed by atoms with Gasteiger partial charge in [0.05, 0.1) is 19.9 Å². The van der Waals surface area contributed by atoms with Crippen LogP contribution in [0.25, 0.3) is 11.1 Å². The normalized spacial score (nSPS) is 10.2. The van der Waals surface area contributed by atoms with Crippen LogP contribution in [0.4, 0.5) is 16.2 Å². The summed E-state index contributed by atoms with van der Waals surface area (Å²) in [5.41, 5.74) is 8.26. The third-order valence-electron chi connectivity index (χ3n) is 4.10. The minimum absolute atomic E-state index is 0.337. The highest BCUT2D eigenvalue weighted by Crippen LogP contribution is 2.29. The third kappa shape index (κ3) is 4.07. The molecule has 8 heteroatoms. The maximum absolute atomic E-state index is 12.3. The van der Waals surface area contributed by atoms with Crippen LogP contribution < -0.4 is 25.8 Å². The van der Waals surface area contributed by atoms with E-state index >= 15 is 0 Å². The minimum Gasteiger partial charge on any atom is -0.497 e. The van der Waals surface area contributed by atoms with Crippen LogP contribution in [0.1, 0.15) is 10.5 Å². The molecule has 28 heavy (non-hydrogen) atoms. The lowest BCUT2D eigenvalue weighted by Crippen LogP contribution is -2.19. The Kier molecular flexibility index (Phi) is 5.50. The summed E-state index contributed by atoms with van der Waals surface area (Å²) in [5, 5.41) is 5.47. The number of rotatable bonds is 6. The second-order valence-electron chi connectivity index (χ2n) is 5.85. The first-order valence-electron chi connectivity index (χ1n) is 8.39. The topological polar surface area (TPSA) is 118 Å². The number of hydrogen-bond donors (Lipinski definition) is 4. The zero-order valence-corrected chi connectivity index (χ0v) is 15.4. The molecule has 8 nitrogen and oxygen atoms in total. The van der Waals surface area contributed by atoms with Crippen LogP contribution >= 0.6 is 0 Å². The molecule has 5 N–H and O–H groups in total. The molecule has 0 unspecified atom stereocenters. The Hall–Kier alpha value is -3.94. The molecule has 0 aliphatic heterocycles. The molecule has 0 spiro atoms. The quantitative estimate of drug-likeness (QED) is 0.524. The van der Waals surface area contributed by atoms with Crippen molar-refractivity contribution in [2.45, 2.75) is 0 Å². The highest BCUT2D eigenvalue weighted by molar-refractivity contribution is 6.01. The molecule has 0 aliphatic carbocycles. The van der Waals surface area contributed by atoms with Crippen molar-refractivity contribution in [3.63, 3.8) is 0 Å². The molecule has 1 heterocycles. The van der Waals surface area contributed by atoms with E-state index in [9.17, 15) is 9.59 Å². The predicted molar refractivity (Wildman–Crippen MR) is 107 cm³/mol. The van der Waals surface area contributed by atoms with Crippen LogP contribution in [0.5, 0.6) is 11.5 Å². The van der Waals surface area contributed by atoms with Gasteiger partial charge in [0.15, 0.2) is 0 Å². The molecule has 0 aliphatic rings. The summed E-state index contributed by atoms with van der Waals surface area (Å²) in [4.78, 5) is 26.6. The average Bonchev–Trinajstić information content (AvgIpc) is 3.18. The molecular weight excluding hydrogens is 360 g/mol. The summed E-state index contributed by atoms with van der Waals surface area (Å²) in [6, 6.07) is 13.5. The van der Waals surface area contributed by atoms with E-state index in [1.54, 1.807) is 61.8 Å². The third-order valence-corrected chi connectivity index (χ3v) is 4.10. The minimum atomic E-state index is -0.534. The SMILES string of the molecule is COc1ccc(OC)c(NC(=O)Nc2ccc(-c3cc[nH]c3C(N)=O)cc2)c1. The summed E-state index contributed by atoms with van der Waals surface area (Å²) >= 11 is 0. The summed E-state index contributed by atoms with van der Waals surface area (Å²) < 4.78 is 10.4. The largest absolute Gasteiger partial charge is 0.497 e. The Labute approximate surface area is 161 Å². The number of methoxy groups -OCH3 is 2. The number of ether oxygens (including phenoxy) is 2. The van der Waals surface area contributed by atoms with Gasteiger partial charge in [-0.2, -0.15) is 0 Å². The zero-order valence-electron chi connectivity index (χ0n) is 15.4. The number of amides is 3. The average molecular weight is 380 g/mol.